The van der Waals surface area contributed by atoms with Crippen molar-refractivity contribution < 1.29 is 0 Å². The van der Waals surface area contributed by atoms with E-state index in [0.29, 0.717) is 0 Å². The van der Waals surface area contributed by atoms with Gasteiger partial charge in [0.2, 0.25) is 0 Å². The van der Waals surface area contributed by atoms with Crippen molar-refractivity contribution >= 4 is 27.8 Å². The summed E-state index contributed by atoms with van der Waals surface area (Å²) < 4.78 is 0. The molecule has 0 fully saturated rings. The fraction of sp³-hybridized carbons (Fsp3) is 0.0448. The number of fused-ring (bicyclic) bond motifs is 4. The molecule has 0 unspecified atom stereocenters. The molecule has 0 bridgehead atoms. The molecule has 322 valence electrons. The summed E-state index contributed by atoms with van der Waals surface area (Å²) in [6, 6.07) is 95.7. The molecular formula is C67H49N. The van der Waals surface area contributed by atoms with Gasteiger partial charge in [-0.3, -0.25) is 0 Å². The summed E-state index contributed by atoms with van der Waals surface area (Å²) in [5.74, 6) is 0. The third kappa shape index (κ3) is 7.30. The van der Waals surface area contributed by atoms with Crippen LogP contribution in [0.3, 0.4) is 0 Å². The molecule has 1 nitrogen and oxygen atoms in total. The number of nitrogens with zero attached hydrogens (tertiary/aromatic N) is 1. The molecule has 0 spiro atoms. The van der Waals surface area contributed by atoms with Crippen molar-refractivity contribution in [3.05, 3.63) is 272 Å². The fourth-order valence-corrected chi connectivity index (χ4v) is 10.6. The zero-order chi connectivity index (χ0) is 45.6. The van der Waals surface area contributed by atoms with Crippen LogP contribution in [0.25, 0.3) is 88.7 Å². The van der Waals surface area contributed by atoms with Gasteiger partial charge in [0.1, 0.15) is 0 Å². The van der Waals surface area contributed by atoms with Gasteiger partial charge in [0, 0.05) is 22.4 Å². The van der Waals surface area contributed by atoms with Crippen LogP contribution in [0.4, 0.5) is 17.1 Å². The Morgan fingerprint density at radius 2 is 0.721 bits per heavy atom. The zero-order valence-electron chi connectivity index (χ0n) is 38.3. The minimum Gasteiger partial charge on any atom is -0.310 e. The molecule has 1 aliphatic carbocycles. The number of rotatable bonds is 9. The summed E-state index contributed by atoms with van der Waals surface area (Å²) in [7, 11) is 0. The Balaban J connectivity index is 1.07. The molecule has 1 heteroatoms. The van der Waals surface area contributed by atoms with Crippen LogP contribution in [0, 0.1) is 0 Å². The first-order chi connectivity index (χ1) is 33.5. The zero-order valence-corrected chi connectivity index (χ0v) is 38.3. The van der Waals surface area contributed by atoms with Gasteiger partial charge in [-0.1, -0.05) is 214 Å². The van der Waals surface area contributed by atoms with Crippen LogP contribution in [0.2, 0.25) is 0 Å². The second-order valence-electron chi connectivity index (χ2n) is 18.5. The van der Waals surface area contributed by atoms with E-state index in [0.717, 1.165) is 22.6 Å². The van der Waals surface area contributed by atoms with E-state index in [2.05, 4.69) is 280 Å². The van der Waals surface area contributed by atoms with Gasteiger partial charge in [-0.25, -0.2) is 0 Å². The molecule has 0 radical (unpaired) electrons. The van der Waals surface area contributed by atoms with Crippen LogP contribution < -0.4 is 4.90 Å². The van der Waals surface area contributed by atoms with Crippen LogP contribution in [0.1, 0.15) is 25.0 Å². The van der Waals surface area contributed by atoms with Gasteiger partial charge >= 0.3 is 0 Å². The first-order valence-electron chi connectivity index (χ1n) is 23.7. The normalized spacial score (nSPS) is 12.4. The topological polar surface area (TPSA) is 3.24 Å². The average molecular weight is 868 g/mol. The second-order valence-corrected chi connectivity index (χ2v) is 18.5. The van der Waals surface area contributed by atoms with Gasteiger partial charge in [0.15, 0.2) is 0 Å². The maximum Gasteiger partial charge on any atom is 0.0546 e. The molecule has 68 heavy (non-hydrogen) atoms. The molecule has 0 saturated carbocycles. The van der Waals surface area contributed by atoms with E-state index in [9.17, 15) is 0 Å². The minimum atomic E-state index is -0.163. The van der Waals surface area contributed by atoms with Gasteiger partial charge in [-0.05, 0) is 155 Å². The van der Waals surface area contributed by atoms with Crippen molar-refractivity contribution in [2.24, 2.45) is 0 Å². The summed E-state index contributed by atoms with van der Waals surface area (Å²) in [6.45, 7) is 4.77. The Hall–Kier alpha value is -8.52. The number of anilines is 3. The molecule has 0 aliphatic heterocycles. The van der Waals surface area contributed by atoms with Crippen LogP contribution in [0.5, 0.6) is 0 Å². The third-order valence-corrected chi connectivity index (χ3v) is 14.0. The average Bonchev–Trinajstić information content (AvgIpc) is 3.63. The molecule has 0 N–H and O–H groups in total. The lowest BCUT2D eigenvalue weighted by Gasteiger charge is -2.30. The van der Waals surface area contributed by atoms with E-state index in [1.54, 1.807) is 0 Å². The molecule has 0 atom stereocenters. The van der Waals surface area contributed by atoms with Gasteiger partial charge in [0.05, 0.1) is 5.69 Å². The van der Waals surface area contributed by atoms with Gasteiger partial charge in [-0.15, -0.1) is 0 Å². The van der Waals surface area contributed by atoms with Crippen LogP contribution >= 0.6 is 0 Å². The lowest BCUT2D eigenvalue weighted by Crippen LogP contribution is -2.15. The summed E-state index contributed by atoms with van der Waals surface area (Å²) >= 11 is 0. The van der Waals surface area contributed by atoms with Crippen molar-refractivity contribution in [3.63, 3.8) is 0 Å². The third-order valence-electron chi connectivity index (χ3n) is 14.0. The maximum atomic E-state index is 2.46. The van der Waals surface area contributed by atoms with Crippen molar-refractivity contribution in [1.82, 2.24) is 0 Å². The van der Waals surface area contributed by atoms with Crippen molar-refractivity contribution in [3.8, 4) is 77.9 Å². The lowest BCUT2D eigenvalue weighted by atomic mass is 9.81. The van der Waals surface area contributed by atoms with Crippen molar-refractivity contribution in [1.29, 1.82) is 0 Å². The van der Waals surface area contributed by atoms with Crippen molar-refractivity contribution in [2.45, 2.75) is 19.3 Å². The minimum absolute atomic E-state index is 0.163. The molecule has 0 heterocycles. The highest BCUT2D eigenvalue weighted by Gasteiger charge is 2.38. The number of benzene rings is 11. The highest BCUT2D eigenvalue weighted by atomic mass is 15.1. The molecule has 1 aliphatic rings. The van der Waals surface area contributed by atoms with Crippen LogP contribution in [-0.4, -0.2) is 0 Å². The quantitative estimate of drug-likeness (QED) is 0.140. The highest BCUT2D eigenvalue weighted by molar-refractivity contribution is 6.04. The van der Waals surface area contributed by atoms with E-state index in [4.69, 9.17) is 0 Å². The summed E-state index contributed by atoms with van der Waals surface area (Å²) in [5.41, 5.74) is 22.8. The lowest BCUT2D eigenvalue weighted by molar-refractivity contribution is 0.661. The molecule has 11 aromatic carbocycles. The Labute approximate surface area is 399 Å². The van der Waals surface area contributed by atoms with E-state index in [-0.39, 0.29) is 5.41 Å². The smallest absolute Gasteiger partial charge is 0.0546 e. The summed E-state index contributed by atoms with van der Waals surface area (Å²) in [6.07, 6.45) is 0. The van der Waals surface area contributed by atoms with Crippen LogP contribution in [-0.2, 0) is 5.41 Å². The number of hydrogen-bond donors (Lipinski definition) is 0. The Morgan fingerprint density at radius 1 is 0.265 bits per heavy atom. The molecule has 0 saturated heterocycles. The highest BCUT2D eigenvalue weighted by Crippen LogP contribution is 2.55. The molecular weight excluding hydrogens is 819 g/mol. The SMILES string of the molecule is CC1(C)c2cc3ccccc3cc2-c2c(-c3cccc(N(c4ccc(-c5cc(-c6ccccc6)cc(-c6ccccc6)c5)cc4)c4cccc(-c5ccccc5)c4)c3-c3ccccc3)cccc21. The molecule has 0 aromatic heterocycles. The van der Waals surface area contributed by atoms with Crippen LogP contribution in [0.15, 0.2) is 261 Å². The van der Waals surface area contributed by atoms with E-state index >= 15 is 0 Å². The first-order valence-corrected chi connectivity index (χ1v) is 23.7. The standard InChI is InChI=1S/C67H49N/c1-67(2)62-34-18-32-60(66(62)61-44-52-28-15-16-29-53(52)45-63(61)67)59-33-19-35-64(65(59)50-26-13-6-14-27-50)68(58-31-17-30-51(43-58)46-20-7-3-8-21-46)57-38-36-49(37-39-57)56-41-54(47-22-9-4-10-23-47)40-55(42-56)48-24-11-5-12-25-48/h3-45H,1-2H3. The van der Waals surface area contributed by atoms with E-state index in [1.165, 1.54) is 94.2 Å². The van der Waals surface area contributed by atoms with E-state index < -0.39 is 0 Å². The Bertz CT molecular complexity index is 3550. The predicted octanol–water partition coefficient (Wildman–Crippen LogP) is 18.6. The van der Waals surface area contributed by atoms with Crippen molar-refractivity contribution in [2.75, 3.05) is 4.90 Å². The Morgan fingerprint density at radius 3 is 1.31 bits per heavy atom. The largest absolute Gasteiger partial charge is 0.310 e. The fourth-order valence-electron chi connectivity index (χ4n) is 10.6. The Kier molecular flexibility index (Phi) is 10.3. The summed E-state index contributed by atoms with van der Waals surface area (Å²) in [4.78, 5) is 2.46. The second kappa shape index (κ2) is 17.0. The van der Waals surface area contributed by atoms with E-state index in [1.807, 2.05) is 0 Å². The first kappa shape index (κ1) is 40.9. The monoisotopic (exact) mass is 867 g/mol. The van der Waals surface area contributed by atoms with Gasteiger partial charge < -0.3 is 4.90 Å². The molecule has 12 rings (SSSR count). The molecule has 11 aromatic rings. The molecule has 0 amide bonds. The predicted molar refractivity (Wildman–Crippen MR) is 289 cm³/mol. The van der Waals surface area contributed by atoms with Gasteiger partial charge in [-0.2, -0.15) is 0 Å². The number of hydrogen-bond acceptors (Lipinski definition) is 1. The maximum absolute atomic E-state index is 2.46. The summed E-state index contributed by atoms with van der Waals surface area (Å²) in [5, 5.41) is 2.54. The van der Waals surface area contributed by atoms with Gasteiger partial charge in [0.25, 0.3) is 0 Å².